The molecular weight excluding hydrogens is 257 g/mol. The highest BCUT2D eigenvalue weighted by Gasteiger charge is 2.33. The van der Waals surface area contributed by atoms with Crippen LogP contribution >= 0.6 is 15.9 Å². The Morgan fingerprint density at radius 3 is 2.53 bits per heavy atom. The van der Waals surface area contributed by atoms with Gasteiger partial charge >= 0.3 is 7.12 Å². The molecule has 15 heavy (non-hydrogen) atoms. The summed E-state index contributed by atoms with van der Waals surface area (Å²) in [6.07, 6.45) is 1.77. The molecule has 1 saturated heterocycles. The van der Waals surface area contributed by atoms with Crippen LogP contribution in [0.15, 0.2) is 22.9 Å². The summed E-state index contributed by atoms with van der Waals surface area (Å²) in [6, 6.07) is 3.85. The van der Waals surface area contributed by atoms with Crippen LogP contribution in [0.5, 0.6) is 0 Å². The van der Waals surface area contributed by atoms with Gasteiger partial charge in [-0.05, 0) is 22.0 Å². The summed E-state index contributed by atoms with van der Waals surface area (Å²) in [5, 5.41) is 0. The number of nitrogens with zero attached hydrogens (tertiary/aromatic N) is 1. The zero-order valence-electron chi connectivity index (χ0n) is 8.87. The fraction of sp³-hybridized carbons (Fsp3) is 0.500. The summed E-state index contributed by atoms with van der Waals surface area (Å²) in [5.74, 6) is 0. The van der Waals surface area contributed by atoms with Crippen LogP contribution in [0.25, 0.3) is 0 Å². The minimum Gasteiger partial charge on any atom is -0.407 e. The minimum atomic E-state index is -0.265. The number of rotatable bonds is 1. The molecule has 5 heteroatoms. The first-order valence-corrected chi connectivity index (χ1v) is 5.71. The van der Waals surface area contributed by atoms with Crippen molar-refractivity contribution < 1.29 is 9.31 Å². The molecule has 0 aliphatic carbocycles. The van der Waals surface area contributed by atoms with E-state index in [-0.39, 0.29) is 12.5 Å². The first kappa shape index (κ1) is 11.1. The topological polar surface area (TPSA) is 31.4 Å². The zero-order chi connectivity index (χ0) is 10.9. The second-order valence-electron chi connectivity index (χ2n) is 4.53. The predicted molar refractivity (Wildman–Crippen MR) is 63.0 cm³/mol. The molecule has 2 heterocycles. The predicted octanol–water partition coefficient (Wildman–Crippen LogP) is 1.61. The zero-order valence-corrected chi connectivity index (χ0v) is 10.5. The van der Waals surface area contributed by atoms with Crippen LogP contribution in [-0.4, -0.2) is 25.3 Å². The van der Waals surface area contributed by atoms with Gasteiger partial charge in [-0.1, -0.05) is 19.9 Å². The summed E-state index contributed by atoms with van der Waals surface area (Å²) in [5.41, 5.74) is 1.08. The molecule has 0 atom stereocenters. The molecule has 0 N–H and O–H groups in total. The fourth-order valence-electron chi connectivity index (χ4n) is 1.41. The molecule has 0 bridgehead atoms. The molecule has 1 aliphatic heterocycles. The number of pyridine rings is 1. The Hall–Kier alpha value is -0.385. The van der Waals surface area contributed by atoms with E-state index in [2.05, 4.69) is 34.8 Å². The van der Waals surface area contributed by atoms with Crippen LogP contribution in [0.2, 0.25) is 0 Å². The summed E-state index contributed by atoms with van der Waals surface area (Å²) >= 11 is 3.29. The van der Waals surface area contributed by atoms with Crippen molar-refractivity contribution in [2.75, 3.05) is 13.2 Å². The van der Waals surface area contributed by atoms with Crippen LogP contribution in [-0.2, 0) is 9.31 Å². The standard InChI is InChI=1S/C10H13BBrNO2/c1-10(2)6-14-11(15-7-10)8-3-4-9(12)13-5-8/h3-5H,6-7H2,1-2H3. The van der Waals surface area contributed by atoms with Gasteiger partial charge in [-0.3, -0.25) is 0 Å². The van der Waals surface area contributed by atoms with Crippen molar-refractivity contribution in [3.05, 3.63) is 22.9 Å². The van der Waals surface area contributed by atoms with Crippen molar-refractivity contribution in [1.82, 2.24) is 4.98 Å². The maximum absolute atomic E-state index is 5.64. The Bertz CT molecular complexity index is 332. The van der Waals surface area contributed by atoms with E-state index < -0.39 is 0 Å². The third-order valence-corrected chi connectivity index (χ3v) is 2.74. The van der Waals surface area contributed by atoms with Gasteiger partial charge in [0.15, 0.2) is 0 Å². The average Bonchev–Trinajstić information content (AvgIpc) is 2.20. The molecule has 80 valence electrons. The largest absolute Gasteiger partial charge is 0.495 e. The van der Waals surface area contributed by atoms with Gasteiger partial charge in [0.05, 0.1) is 0 Å². The van der Waals surface area contributed by atoms with Crippen LogP contribution in [0.3, 0.4) is 0 Å². The van der Waals surface area contributed by atoms with E-state index in [4.69, 9.17) is 9.31 Å². The normalized spacial score (nSPS) is 20.3. The smallest absolute Gasteiger partial charge is 0.407 e. The van der Waals surface area contributed by atoms with E-state index >= 15 is 0 Å². The fourth-order valence-corrected chi connectivity index (χ4v) is 1.65. The lowest BCUT2D eigenvalue weighted by atomic mass is 9.77. The van der Waals surface area contributed by atoms with Gasteiger partial charge in [0.1, 0.15) is 4.60 Å². The van der Waals surface area contributed by atoms with Gasteiger partial charge in [-0.15, -0.1) is 0 Å². The van der Waals surface area contributed by atoms with E-state index in [1.54, 1.807) is 6.20 Å². The Morgan fingerprint density at radius 2 is 2.00 bits per heavy atom. The minimum absolute atomic E-state index is 0.110. The van der Waals surface area contributed by atoms with E-state index in [9.17, 15) is 0 Å². The van der Waals surface area contributed by atoms with Gasteiger partial charge in [0.2, 0.25) is 0 Å². The van der Waals surface area contributed by atoms with Gasteiger partial charge < -0.3 is 9.31 Å². The monoisotopic (exact) mass is 269 g/mol. The molecule has 0 spiro atoms. The molecule has 1 fully saturated rings. The second kappa shape index (κ2) is 4.24. The average molecular weight is 270 g/mol. The summed E-state index contributed by atoms with van der Waals surface area (Å²) in [4.78, 5) is 4.15. The van der Waals surface area contributed by atoms with Crippen LogP contribution in [0.1, 0.15) is 13.8 Å². The highest BCUT2D eigenvalue weighted by molar-refractivity contribution is 9.10. The number of hydrogen-bond donors (Lipinski definition) is 0. The molecule has 1 aromatic rings. The molecular formula is C10H13BBrNO2. The van der Waals surface area contributed by atoms with Gasteiger partial charge in [0.25, 0.3) is 0 Å². The van der Waals surface area contributed by atoms with E-state index in [1.807, 2.05) is 12.1 Å². The highest BCUT2D eigenvalue weighted by atomic mass is 79.9. The third kappa shape index (κ3) is 2.80. The van der Waals surface area contributed by atoms with Crippen molar-refractivity contribution in [3.63, 3.8) is 0 Å². The molecule has 0 radical (unpaired) electrons. The van der Waals surface area contributed by atoms with Crippen LogP contribution in [0, 0.1) is 5.41 Å². The van der Waals surface area contributed by atoms with E-state index in [0.717, 1.165) is 10.1 Å². The molecule has 3 nitrogen and oxygen atoms in total. The lowest BCUT2D eigenvalue weighted by molar-refractivity contribution is 0.0343. The molecule has 0 aromatic carbocycles. The number of hydrogen-bond acceptors (Lipinski definition) is 3. The molecule has 2 rings (SSSR count). The van der Waals surface area contributed by atoms with E-state index in [0.29, 0.717) is 13.2 Å². The van der Waals surface area contributed by atoms with Gasteiger partial charge in [0, 0.05) is 30.3 Å². The maximum Gasteiger partial charge on any atom is 0.495 e. The number of aromatic nitrogens is 1. The first-order chi connectivity index (χ1) is 7.07. The first-order valence-electron chi connectivity index (χ1n) is 4.91. The van der Waals surface area contributed by atoms with Gasteiger partial charge in [-0.25, -0.2) is 4.98 Å². The SMILES string of the molecule is CC1(C)COB(c2ccc(Br)nc2)OC1. The van der Waals surface area contributed by atoms with Gasteiger partial charge in [-0.2, -0.15) is 0 Å². The third-order valence-electron chi connectivity index (χ3n) is 2.27. The lowest BCUT2D eigenvalue weighted by Crippen LogP contribution is -2.47. The maximum atomic E-state index is 5.64. The Kier molecular flexibility index (Phi) is 3.14. The van der Waals surface area contributed by atoms with Crippen molar-refractivity contribution in [2.45, 2.75) is 13.8 Å². The molecule has 1 aliphatic rings. The summed E-state index contributed by atoms with van der Waals surface area (Å²) in [7, 11) is -0.265. The lowest BCUT2D eigenvalue weighted by Gasteiger charge is -2.32. The van der Waals surface area contributed by atoms with Crippen LogP contribution in [0.4, 0.5) is 0 Å². The van der Waals surface area contributed by atoms with Crippen molar-refractivity contribution in [1.29, 1.82) is 0 Å². The number of halogens is 1. The Balaban J connectivity index is 2.04. The molecule has 0 amide bonds. The quantitative estimate of drug-likeness (QED) is 0.574. The van der Waals surface area contributed by atoms with Crippen molar-refractivity contribution >= 4 is 28.5 Å². The summed E-state index contributed by atoms with van der Waals surface area (Å²) < 4.78 is 12.1. The van der Waals surface area contributed by atoms with Crippen LogP contribution < -0.4 is 5.46 Å². The van der Waals surface area contributed by atoms with Crippen molar-refractivity contribution in [2.24, 2.45) is 5.41 Å². The summed E-state index contributed by atoms with van der Waals surface area (Å²) in [6.45, 7) is 5.69. The Morgan fingerprint density at radius 1 is 1.33 bits per heavy atom. The highest BCUT2D eigenvalue weighted by Crippen LogP contribution is 2.21. The molecule has 0 saturated carbocycles. The molecule has 0 unspecified atom stereocenters. The van der Waals surface area contributed by atoms with E-state index in [1.165, 1.54) is 0 Å². The second-order valence-corrected chi connectivity index (χ2v) is 5.34. The van der Waals surface area contributed by atoms with Crippen molar-refractivity contribution in [3.8, 4) is 0 Å². The molecule has 1 aromatic heterocycles. The Labute approximate surface area is 98.5 Å².